The number of benzene rings is 1. The van der Waals surface area contributed by atoms with Crippen molar-refractivity contribution >= 4 is 29.1 Å². The number of hydrogen-bond acceptors (Lipinski definition) is 6. The highest BCUT2D eigenvalue weighted by molar-refractivity contribution is 6.35. The van der Waals surface area contributed by atoms with E-state index in [4.69, 9.17) is 9.47 Å². The molecule has 0 aliphatic carbocycles. The van der Waals surface area contributed by atoms with Crippen molar-refractivity contribution in [3.63, 3.8) is 0 Å². The third kappa shape index (κ3) is 6.80. The maximum absolute atomic E-state index is 12.1. The summed E-state index contributed by atoms with van der Waals surface area (Å²) in [5.74, 6) is -0.985. The predicted octanol–water partition coefficient (Wildman–Crippen LogP) is 1.05. The van der Waals surface area contributed by atoms with Gasteiger partial charge in [-0.1, -0.05) is 0 Å². The molecule has 9 nitrogen and oxygen atoms in total. The molecule has 1 aromatic carbocycles. The Morgan fingerprint density at radius 1 is 1.12 bits per heavy atom. The monoisotopic (exact) mass is 364 g/mol. The minimum absolute atomic E-state index is 0.0682. The first-order valence-electron chi connectivity index (χ1n) is 7.92. The molecule has 0 heterocycles. The SMILES string of the molecule is COc1ccc(NC(=O)C/C(C)=N\NC(=O)C(=O)NC(C)C)c(OC)c1. The molecule has 0 saturated carbocycles. The lowest BCUT2D eigenvalue weighted by Crippen LogP contribution is -2.41. The fraction of sp³-hybridized carbons (Fsp3) is 0.412. The fourth-order valence-corrected chi connectivity index (χ4v) is 1.89. The third-order valence-corrected chi connectivity index (χ3v) is 3.07. The quantitative estimate of drug-likeness (QED) is 0.380. The second kappa shape index (κ2) is 10.0. The van der Waals surface area contributed by atoms with E-state index in [1.54, 1.807) is 39.0 Å². The van der Waals surface area contributed by atoms with Crippen molar-refractivity contribution in [2.24, 2.45) is 5.10 Å². The molecule has 3 amide bonds. The number of rotatable bonds is 7. The zero-order valence-electron chi connectivity index (χ0n) is 15.5. The molecule has 0 aromatic heterocycles. The van der Waals surface area contributed by atoms with Gasteiger partial charge in [-0.05, 0) is 32.9 Å². The Bertz CT molecular complexity index is 700. The molecule has 0 bridgehead atoms. The Morgan fingerprint density at radius 3 is 2.38 bits per heavy atom. The minimum atomic E-state index is -0.893. The second-order valence-corrected chi connectivity index (χ2v) is 5.71. The Balaban J connectivity index is 2.62. The Morgan fingerprint density at radius 2 is 1.81 bits per heavy atom. The van der Waals surface area contributed by atoms with Gasteiger partial charge in [0.05, 0.1) is 26.3 Å². The standard InChI is InChI=1S/C17H24N4O5/c1-10(2)18-16(23)17(24)21-20-11(3)8-15(22)19-13-7-6-12(25-4)9-14(13)26-5/h6-7,9-10H,8H2,1-5H3,(H,18,23)(H,19,22)(H,21,24)/b20-11-. The van der Waals surface area contributed by atoms with Crippen LogP contribution in [0.1, 0.15) is 27.2 Å². The Hall–Kier alpha value is -3.10. The summed E-state index contributed by atoms with van der Waals surface area (Å²) in [6.45, 7) is 5.03. The van der Waals surface area contributed by atoms with Crippen LogP contribution in [0.5, 0.6) is 11.5 Å². The number of nitrogens with zero attached hydrogens (tertiary/aromatic N) is 1. The van der Waals surface area contributed by atoms with Crippen LogP contribution in [0, 0.1) is 0 Å². The number of methoxy groups -OCH3 is 2. The summed E-state index contributed by atoms with van der Waals surface area (Å²) in [5.41, 5.74) is 2.92. The van der Waals surface area contributed by atoms with Gasteiger partial charge in [-0.2, -0.15) is 5.10 Å². The van der Waals surface area contributed by atoms with Gasteiger partial charge in [0.15, 0.2) is 0 Å². The third-order valence-electron chi connectivity index (χ3n) is 3.07. The summed E-state index contributed by atoms with van der Waals surface area (Å²) >= 11 is 0. The molecule has 0 aliphatic heterocycles. The highest BCUT2D eigenvalue weighted by atomic mass is 16.5. The molecular weight excluding hydrogens is 340 g/mol. The van der Waals surface area contributed by atoms with E-state index < -0.39 is 11.8 Å². The van der Waals surface area contributed by atoms with E-state index in [1.165, 1.54) is 14.2 Å². The molecule has 3 N–H and O–H groups in total. The molecule has 142 valence electrons. The van der Waals surface area contributed by atoms with Gasteiger partial charge in [0.1, 0.15) is 11.5 Å². The highest BCUT2D eigenvalue weighted by Gasteiger charge is 2.14. The summed E-state index contributed by atoms with van der Waals surface area (Å²) < 4.78 is 10.3. The van der Waals surface area contributed by atoms with Crippen molar-refractivity contribution in [2.45, 2.75) is 33.2 Å². The maximum atomic E-state index is 12.1. The average molecular weight is 364 g/mol. The first-order valence-corrected chi connectivity index (χ1v) is 7.92. The Kier molecular flexibility index (Phi) is 8.07. The van der Waals surface area contributed by atoms with E-state index in [-0.39, 0.29) is 18.4 Å². The first-order chi connectivity index (χ1) is 12.3. The van der Waals surface area contributed by atoms with E-state index in [0.717, 1.165) is 0 Å². The van der Waals surface area contributed by atoms with Crippen molar-refractivity contribution < 1.29 is 23.9 Å². The number of hydrogen-bond donors (Lipinski definition) is 3. The molecule has 0 atom stereocenters. The summed E-state index contributed by atoms with van der Waals surface area (Å²) in [5, 5.41) is 8.87. The van der Waals surface area contributed by atoms with Crippen molar-refractivity contribution in [1.82, 2.24) is 10.7 Å². The van der Waals surface area contributed by atoms with E-state index in [2.05, 4.69) is 21.2 Å². The van der Waals surface area contributed by atoms with Crippen LogP contribution in [0.4, 0.5) is 5.69 Å². The van der Waals surface area contributed by atoms with Crippen LogP contribution in [-0.2, 0) is 14.4 Å². The molecule has 0 spiro atoms. The molecule has 0 saturated heterocycles. The van der Waals surface area contributed by atoms with Gasteiger partial charge in [-0.15, -0.1) is 0 Å². The number of carbonyl (C=O) groups excluding carboxylic acids is 3. The van der Waals surface area contributed by atoms with Crippen molar-refractivity contribution in [3.05, 3.63) is 18.2 Å². The lowest BCUT2D eigenvalue weighted by atomic mass is 10.2. The Labute approximate surface area is 152 Å². The lowest BCUT2D eigenvalue weighted by molar-refractivity contribution is -0.139. The molecule has 1 aromatic rings. The van der Waals surface area contributed by atoms with E-state index >= 15 is 0 Å². The number of nitrogens with one attached hydrogen (secondary N) is 3. The molecule has 0 unspecified atom stereocenters. The summed E-state index contributed by atoms with van der Waals surface area (Å²) in [7, 11) is 3.01. The zero-order chi connectivity index (χ0) is 19.7. The van der Waals surface area contributed by atoms with Gasteiger partial charge >= 0.3 is 11.8 Å². The number of amides is 3. The molecule has 9 heteroatoms. The number of carbonyl (C=O) groups is 3. The molecule has 0 fully saturated rings. The molecule has 0 aliphatic rings. The predicted molar refractivity (Wildman–Crippen MR) is 97.3 cm³/mol. The summed E-state index contributed by atoms with van der Waals surface area (Å²) in [6, 6.07) is 4.82. The van der Waals surface area contributed by atoms with Gasteiger partial charge in [0, 0.05) is 17.8 Å². The van der Waals surface area contributed by atoms with Crippen molar-refractivity contribution in [1.29, 1.82) is 0 Å². The van der Waals surface area contributed by atoms with Crippen LogP contribution >= 0.6 is 0 Å². The fourth-order valence-electron chi connectivity index (χ4n) is 1.89. The van der Waals surface area contributed by atoms with Gasteiger partial charge in [-0.25, -0.2) is 5.43 Å². The van der Waals surface area contributed by atoms with Gasteiger partial charge in [0.2, 0.25) is 5.91 Å². The smallest absolute Gasteiger partial charge is 0.329 e. The van der Waals surface area contributed by atoms with E-state index in [0.29, 0.717) is 22.9 Å². The number of anilines is 1. The van der Waals surface area contributed by atoms with Crippen LogP contribution in [0.3, 0.4) is 0 Å². The normalized spacial score (nSPS) is 10.9. The van der Waals surface area contributed by atoms with E-state index in [1.807, 2.05) is 0 Å². The largest absolute Gasteiger partial charge is 0.497 e. The first kappa shape index (κ1) is 20.9. The van der Waals surface area contributed by atoms with Crippen LogP contribution in [0.25, 0.3) is 0 Å². The zero-order valence-corrected chi connectivity index (χ0v) is 15.5. The van der Waals surface area contributed by atoms with Crippen LogP contribution in [-0.4, -0.2) is 43.7 Å². The number of ether oxygens (including phenoxy) is 2. The van der Waals surface area contributed by atoms with Gasteiger partial charge in [-0.3, -0.25) is 14.4 Å². The van der Waals surface area contributed by atoms with Crippen LogP contribution in [0.15, 0.2) is 23.3 Å². The molecule has 26 heavy (non-hydrogen) atoms. The topological polar surface area (TPSA) is 118 Å². The van der Waals surface area contributed by atoms with E-state index in [9.17, 15) is 14.4 Å². The highest BCUT2D eigenvalue weighted by Crippen LogP contribution is 2.29. The lowest BCUT2D eigenvalue weighted by Gasteiger charge is -2.11. The summed E-state index contributed by atoms with van der Waals surface area (Å²) in [6.07, 6.45) is -0.0682. The summed E-state index contributed by atoms with van der Waals surface area (Å²) in [4.78, 5) is 35.1. The molecule has 0 radical (unpaired) electrons. The second-order valence-electron chi connectivity index (χ2n) is 5.71. The minimum Gasteiger partial charge on any atom is -0.497 e. The van der Waals surface area contributed by atoms with Crippen molar-refractivity contribution in [2.75, 3.05) is 19.5 Å². The van der Waals surface area contributed by atoms with Crippen LogP contribution < -0.4 is 25.5 Å². The number of hydrazone groups is 1. The average Bonchev–Trinajstić information content (AvgIpc) is 2.59. The van der Waals surface area contributed by atoms with Gasteiger partial charge < -0.3 is 20.1 Å². The van der Waals surface area contributed by atoms with Crippen molar-refractivity contribution in [3.8, 4) is 11.5 Å². The van der Waals surface area contributed by atoms with Gasteiger partial charge in [0.25, 0.3) is 0 Å². The molecule has 1 rings (SSSR count). The van der Waals surface area contributed by atoms with Crippen LogP contribution in [0.2, 0.25) is 0 Å². The molecular formula is C17H24N4O5. The maximum Gasteiger partial charge on any atom is 0.329 e.